The molecule has 6 nitrogen and oxygen atoms in total. The third-order valence-electron chi connectivity index (χ3n) is 8.51. The monoisotopic (exact) mass is 546 g/mol. The Hall–Kier alpha value is -2.84. The van der Waals surface area contributed by atoms with Crippen LogP contribution in [0.15, 0.2) is 60.7 Å². The van der Waals surface area contributed by atoms with Gasteiger partial charge in [-0.1, -0.05) is 30.3 Å². The Morgan fingerprint density at radius 3 is 2.46 bits per heavy atom. The maximum atomic E-state index is 10.8. The highest BCUT2D eigenvalue weighted by Gasteiger charge is 2.38. The smallest absolute Gasteiger partial charge is 0.202 e. The molecule has 0 unspecified atom stereocenters. The first-order valence-electron chi connectivity index (χ1n) is 13.9. The van der Waals surface area contributed by atoms with Crippen LogP contribution in [0.5, 0.6) is 5.75 Å². The minimum Gasteiger partial charge on any atom is -0.491 e. The third-order valence-corrected chi connectivity index (χ3v) is 10.2. The molecule has 7 heteroatoms. The van der Waals surface area contributed by atoms with Gasteiger partial charge in [-0.3, -0.25) is 13.9 Å². The molecule has 2 atom stereocenters. The second-order valence-electron chi connectivity index (χ2n) is 11.4. The van der Waals surface area contributed by atoms with Crippen molar-refractivity contribution in [3.8, 4) is 16.9 Å². The van der Waals surface area contributed by atoms with Gasteiger partial charge in [-0.05, 0) is 108 Å². The predicted molar refractivity (Wildman–Crippen MR) is 156 cm³/mol. The fourth-order valence-corrected chi connectivity index (χ4v) is 7.46. The number of carbonyl (C=O) groups excluding carboxylic acids is 1. The van der Waals surface area contributed by atoms with Gasteiger partial charge in [0, 0.05) is 29.7 Å². The molecule has 1 heterocycles. The van der Waals surface area contributed by atoms with Crippen molar-refractivity contribution in [1.82, 2.24) is 0 Å². The number of rotatable bonds is 8. The molecule has 205 valence electrons. The molecule has 3 aromatic carbocycles. The van der Waals surface area contributed by atoms with Crippen LogP contribution < -0.4 is 10.1 Å². The van der Waals surface area contributed by atoms with Crippen LogP contribution in [0.4, 0.5) is 5.69 Å². The highest BCUT2D eigenvalue weighted by atomic mass is 32.3. The van der Waals surface area contributed by atoms with Crippen molar-refractivity contribution in [2.24, 2.45) is 5.92 Å². The molecule has 2 fully saturated rings. The summed E-state index contributed by atoms with van der Waals surface area (Å²) in [5.74, 6) is 1.62. The normalized spacial score (nSPS) is 23.5. The molecule has 4 N–H and O–H groups in total. The zero-order chi connectivity index (χ0) is 27.0. The molecule has 6 rings (SSSR count). The molecule has 0 aromatic heterocycles. The number of anilines is 1. The minimum absolute atomic E-state index is 0.0720. The number of benzene rings is 3. The summed E-state index contributed by atoms with van der Waals surface area (Å²) in [6.45, 7) is 0.881. The van der Waals surface area contributed by atoms with Gasteiger partial charge in [0.1, 0.15) is 18.0 Å². The summed E-state index contributed by atoms with van der Waals surface area (Å²) in [7, 11) is -2.54. The van der Waals surface area contributed by atoms with Crippen LogP contribution in [-0.4, -0.2) is 44.2 Å². The lowest BCUT2D eigenvalue weighted by Gasteiger charge is -2.43. The summed E-state index contributed by atoms with van der Waals surface area (Å²) in [6, 6.07) is 21.4. The SMILES string of the molecule is O=[C][C@H]1C[C@@H]1c1ccc(NCc2ccc3c(c2)-c2ccc(OCC4(O)CCS(O)(O)CC4)cc2CCC3)cc1. The van der Waals surface area contributed by atoms with Gasteiger partial charge in [-0.2, -0.15) is 10.6 Å². The van der Waals surface area contributed by atoms with Crippen LogP contribution in [0.1, 0.15) is 53.9 Å². The van der Waals surface area contributed by atoms with E-state index in [1.54, 1.807) is 0 Å². The number of fused-ring (bicyclic) bond motifs is 3. The first-order chi connectivity index (χ1) is 18.8. The Kier molecular flexibility index (Phi) is 7.18. The number of ether oxygens (including phenoxy) is 1. The van der Waals surface area contributed by atoms with Crippen molar-refractivity contribution >= 4 is 22.6 Å². The zero-order valence-corrected chi connectivity index (χ0v) is 22.9. The second-order valence-corrected chi connectivity index (χ2v) is 13.9. The predicted octanol–water partition coefficient (Wildman–Crippen LogP) is 6.32. The van der Waals surface area contributed by atoms with E-state index in [-0.39, 0.29) is 24.0 Å². The molecule has 0 bridgehead atoms. The molecule has 39 heavy (non-hydrogen) atoms. The lowest BCUT2D eigenvalue weighted by atomic mass is 9.94. The van der Waals surface area contributed by atoms with Gasteiger partial charge in [0.2, 0.25) is 6.29 Å². The Balaban J connectivity index is 1.12. The van der Waals surface area contributed by atoms with Crippen molar-refractivity contribution in [2.75, 3.05) is 23.4 Å². The highest BCUT2D eigenvalue weighted by molar-refractivity contribution is 8.24. The van der Waals surface area contributed by atoms with E-state index in [9.17, 15) is 19.0 Å². The van der Waals surface area contributed by atoms with Crippen molar-refractivity contribution in [2.45, 2.75) is 56.6 Å². The molecular formula is C32H36NO5S. The van der Waals surface area contributed by atoms with Crippen LogP contribution in [0.25, 0.3) is 11.1 Å². The van der Waals surface area contributed by atoms with Gasteiger partial charge in [-0.25, -0.2) is 0 Å². The first-order valence-corrected chi connectivity index (χ1v) is 15.7. The van der Waals surface area contributed by atoms with E-state index in [0.717, 1.165) is 43.7 Å². The quantitative estimate of drug-likeness (QED) is 0.264. The lowest BCUT2D eigenvalue weighted by molar-refractivity contribution is -0.0140. The Labute approximate surface area is 231 Å². The van der Waals surface area contributed by atoms with Crippen molar-refractivity contribution < 1.29 is 23.7 Å². The van der Waals surface area contributed by atoms with Gasteiger partial charge >= 0.3 is 0 Å². The van der Waals surface area contributed by atoms with Crippen molar-refractivity contribution in [3.05, 3.63) is 82.9 Å². The number of aryl methyl sites for hydroxylation is 2. The van der Waals surface area contributed by atoms with Crippen LogP contribution in [0.2, 0.25) is 0 Å². The van der Waals surface area contributed by atoms with Crippen LogP contribution >= 0.6 is 10.6 Å². The van der Waals surface area contributed by atoms with Crippen LogP contribution in [0, 0.1) is 5.92 Å². The molecule has 0 spiro atoms. The topological polar surface area (TPSA) is 99.0 Å². The van der Waals surface area contributed by atoms with Crippen molar-refractivity contribution in [1.29, 1.82) is 0 Å². The van der Waals surface area contributed by atoms with Gasteiger partial charge in [-0.15, -0.1) is 0 Å². The first kappa shape index (κ1) is 26.4. The Bertz CT molecular complexity index is 1350. The van der Waals surface area contributed by atoms with E-state index in [1.165, 1.54) is 33.4 Å². The fourth-order valence-electron chi connectivity index (χ4n) is 5.84. The molecule has 1 aliphatic heterocycles. The van der Waals surface area contributed by atoms with Gasteiger partial charge in [0.25, 0.3) is 0 Å². The van der Waals surface area contributed by atoms with E-state index >= 15 is 0 Å². The standard InChI is InChI=1S/C32H36NO5S/c34-20-26-18-30(26)24-6-8-27(9-7-24)33-19-22-4-5-23-2-1-3-25-17-28(10-11-29(25)31(23)16-22)38-21-32(35)12-14-39(36,37)15-13-32/h4-11,16-17,26,30,33,35-37H,1-3,12-15,18-19,21H2/t26-,30-/m1/s1. The zero-order valence-electron chi connectivity index (χ0n) is 22.1. The maximum Gasteiger partial charge on any atom is 0.202 e. The molecule has 3 aromatic rings. The Morgan fingerprint density at radius 2 is 1.72 bits per heavy atom. The van der Waals surface area contributed by atoms with Crippen molar-refractivity contribution in [3.63, 3.8) is 0 Å². The van der Waals surface area contributed by atoms with E-state index < -0.39 is 16.2 Å². The second kappa shape index (κ2) is 10.6. The Morgan fingerprint density at radius 1 is 0.949 bits per heavy atom. The number of hydrogen-bond acceptors (Lipinski definition) is 6. The summed E-state index contributed by atoms with van der Waals surface area (Å²) in [5.41, 5.74) is 7.59. The number of aliphatic hydroxyl groups is 1. The highest BCUT2D eigenvalue weighted by Crippen LogP contribution is 2.47. The maximum absolute atomic E-state index is 10.8. The average molecular weight is 547 g/mol. The molecule has 0 amide bonds. The number of hydrogen-bond donors (Lipinski definition) is 4. The summed E-state index contributed by atoms with van der Waals surface area (Å²) < 4.78 is 25.8. The van der Waals surface area contributed by atoms with E-state index in [4.69, 9.17) is 4.74 Å². The minimum atomic E-state index is -2.54. The number of nitrogens with one attached hydrogen (secondary N) is 1. The van der Waals surface area contributed by atoms with Gasteiger partial charge in [0.05, 0.1) is 0 Å². The lowest BCUT2D eigenvalue weighted by Crippen LogP contribution is -2.42. The summed E-state index contributed by atoms with van der Waals surface area (Å²) in [5, 5.41) is 14.4. The molecule has 3 aliphatic rings. The fraction of sp³-hybridized carbons (Fsp3) is 0.406. The van der Waals surface area contributed by atoms with Gasteiger partial charge < -0.3 is 15.2 Å². The largest absolute Gasteiger partial charge is 0.491 e. The summed E-state index contributed by atoms with van der Waals surface area (Å²) >= 11 is 0. The third kappa shape index (κ3) is 6.02. The molecule has 2 aliphatic carbocycles. The van der Waals surface area contributed by atoms with E-state index in [2.05, 4.69) is 66.2 Å². The molecule has 1 saturated carbocycles. The summed E-state index contributed by atoms with van der Waals surface area (Å²) in [4.78, 5) is 10.8. The van der Waals surface area contributed by atoms with E-state index in [0.29, 0.717) is 18.8 Å². The molecule has 1 saturated heterocycles. The van der Waals surface area contributed by atoms with Crippen LogP contribution in [-0.2, 0) is 24.2 Å². The average Bonchev–Trinajstić information content (AvgIpc) is 3.76. The van der Waals surface area contributed by atoms with Gasteiger partial charge in [0.15, 0.2) is 0 Å². The summed E-state index contributed by atoms with van der Waals surface area (Å²) in [6.07, 6.45) is 6.78. The molecular weight excluding hydrogens is 510 g/mol. The molecule has 1 radical (unpaired) electrons. The van der Waals surface area contributed by atoms with Crippen LogP contribution in [0.3, 0.4) is 0 Å². The van der Waals surface area contributed by atoms with E-state index in [1.807, 2.05) is 6.07 Å².